The third-order valence-corrected chi connectivity index (χ3v) is 1.73. The topological polar surface area (TPSA) is 46.6 Å². The lowest BCUT2D eigenvalue weighted by Crippen LogP contribution is -2.38. The fraction of sp³-hybridized carbons (Fsp3) is 0.818. The van der Waals surface area contributed by atoms with E-state index < -0.39 is 18.4 Å². The number of hydrogen-bond acceptors (Lipinski definition) is 3. The summed E-state index contributed by atoms with van der Waals surface area (Å²) in [5, 5.41) is 0. The van der Waals surface area contributed by atoms with Gasteiger partial charge in [0.15, 0.2) is 0 Å². The Hall–Kier alpha value is -1.13. The molecule has 0 aromatic rings. The predicted molar refractivity (Wildman–Crippen MR) is 59.1 cm³/mol. The molecule has 0 atom stereocenters. The minimum Gasteiger partial charge on any atom is -0.444 e. The molecule has 0 saturated carbocycles. The van der Waals surface area contributed by atoms with Gasteiger partial charge >= 0.3 is 6.09 Å². The number of hydrogen-bond donors (Lipinski definition) is 0. The summed E-state index contributed by atoms with van der Waals surface area (Å²) >= 11 is 0. The molecule has 0 aliphatic rings. The van der Waals surface area contributed by atoms with Gasteiger partial charge in [0, 0.05) is 19.5 Å². The molecule has 4 nitrogen and oxygen atoms in total. The number of ether oxygens (including phenoxy) is 1. The first-order valence-electron chi connectivity index (χ1n) is 5.38. The molecule has 0 rings (SSSR count). The Bertz CT molecular complexity index is 226. The van der Waals surface area contributed by atoms with Gasteiger partial charge in [-0.1, -0.05) is 0 Å². The highest BCUT2D eigenvalue weighted by molar-refractivity contribution is 5.68. The molecular weight excluding hydrogens is 213 g/mol. The van der Waals surface area contributed by atoms with Crippen LogP contribution < -0.4 is 0 Å². The second kappa shape index (κ2) is 7.19. The van der Waals surface area contributed by atoms with Crippen LogP contribution >= 0.6 is 0 Å². The Labute approximate surface area is 95.8 Å². The van der Waals surface area contributed by atoms with Gasteiger partial charge in [0.1, 0.15) is 11.9 Å². The molecule has 0 fully saturated rings. The van der Waals surface area contributed by atoms with Crippen LogP contribution in [0.25, 0.3) is 0 Å². The van der Waals surface area contributed by atoms with Crippen LogP contribution in [0.2, 0.25) is 0 Å². The van der Waals surface area contributed by atoms with Gasteiger partial charge in [-0.25, -0.2) is 4.79 Å². The molecule has 0 aliphatic heterocycles. The normalized spacial score (nSPS) is 11.0. The monoisotopic (exact) mass is 233 g/mol. The Morgan fingerprint density at radius 2 is 2.00 bits per heavy atom. The molecule has 0 radical (unpaired) electrons. The Kier molecular flexibility index (Phi) is 6.69. The molecule has 0 unspecified atom stereocenters. The molecule has 0 aliphatic carbocycles. The van der Waals surface area contributed by atoms with E-state index in [1.165, 1.54) is 4.90 Å². The van der Waals surface area contributed by atoms with Crippen molar-refractivity contribution in [1.82, 2.24) is 4.90 Å². The zero-order chi connectivity index (χ0) is 12.6. The first kappa shape index (κ1) is 14.9. The zero-order valence-corrected chi connectivity index (χ0v) is 10.2. The summed E-state index contributed by atoms with van der Waals surface area (Å²) in [5.41, 5.74) is -0.577. The van der Waals surface area contributed by atoms with E-state index >= 15 is 0 Å². The first-order chi connectivity index (χ1) is 7.40. The van der Waals surface area contributed by atoms with Crippen LogP contribution in [0.1, 0.15) is 33.6 Å². The van der Waals surface area contributed by atoms with Crippen LogP contribution in [0.4, 0.5) is 9.18 Å². The van der Waals surface area contributed by atoms with Crippen LogP contribution in [0.5, 0.6) is 0 Å². The van der Waals surface area contributed by atoms with Crippen molar-refractivity contribution in [1.29, 1.82) is 0 Å². The molecule has 0 aromatic carbocycles. The Balaban J connectivity index is 4.24. The van der Waals surface area contributed by atoms with Crippen molar-refractivity contribution in [2.45, 2.75) is 39.2 Å². The van der Waals surface area contributed by atoms with Crippen molar-refractivity contribution >= 4 is 12.4 Å². The van der Waals surface area contributed by atoms with Gasteiger partial charge in [-0.15, -0.1) is 0 Å². The molecule has 16 heavy (non-hydrogen) atoms. The predicted octanol–water partition coefficient (Wildman–Crippen LogP) is 2.17. The smallest absolute Gasteiger partial charge is 0.410 e. The molecule has 94 valence electrons. The highest BCUT2D eigenvalue weighted by atomic mass is 19.1. The average Bonchev–Trinajstić information content (AvgIpc) is 2.15. The summed E-state index contributed by atoms with van der Waals surface area (Å²) < 4.78 is 17.2. The summed E-state index contributed by atoms with van der Waals surface area (Å²) in [5.74, 6) is 0. The van der Waals surface area contributed by atoms with Gasteiger partial charge < -0.3 is 14.4 Å². The number of carbonyl (C=O) groups excluding carboxylic acids is 2. The summed E-state index contributed by atoms with van der Waals surface area (Å²) in [6, 6.07) is 0. The molecule has 0 bridgehead atoms. The number of halogens is 1. The van der Waals surface area contributed by atoms with Crippen LogP contribution in [0, 0.1) is 0 Å². The standard InChI is InChI=1S/C11H20FNO3/c1-11(2,3)16-10(15)13(7-4-6-12)8-5-9-14/h9H,4-8H2,1-3H3. The maximum atomic E-state index is 12.0. The van der Waals surface area contributed by atoms with E-state index in [-0.39, 0.29) is 25.9 Å². The number of alkyl halides is 1. The minimum atomic E-state index is -0.577. The number of rotatable bonds is 6. The third-order valence-electron chi connectivity index (χ3n) is 1.73. The zero-order valence-electron chi connectivity index (χ0n) is 10.2. The first-order valence-corrected chi connectivity index (χ1v) is 5.38. The molecule has 1 amide bonds. The summed E-state index contributed by atoms with van der Waals surface area (Å²) in [4.78, 5) is 23.2. The maximum absolute atomic E-state index is 12.0. The van der Waals surface area contributed by atoms with Gasteiger partial charge in [0.2, 0.25) is 0 Å². The SMILES string of the molecule is CC(C)(C)OC(=O)N(CCC=O)CCCF. The summed E-state index contributed by atoms with van der Waals surface area (Å²) in [6.07, 6.45) is 0.735. The van der Waals surface area contributed by atoms with Crippen molar-refractivity contribution in [2.24, 2.45) is 0 Å². The maximum Gasteiger partial charge on any atom is 0.410 e. The van der Waals surface area contributed by atoms with Gasteiger partial charge in [0.05, 0.1) is 6.67 Å². The molecule has 0 aromatic heterocycles. The van der Waals surface area contributed by atoms with Gasteiger partial charge in [-0.2, -0.15) is 0 Å². The summed E-state index contributed by atoms with van der Waals surface area (Å²) in [6.45, 7) is 5.35. The van der Waals surface area contributed by atoms with E-state index in [2.05, 4.69) is 0 Å². The number of nitrogens with zero attached hydrogens (tertiary/aromatic N) is 1. The third kappa shape index (κ3) is 7.20. The molecular formula is C11H20FNO3. The van der Waals surface area contributed by atoms with E-state index in [9.17, 15) is 14.0 Å². The fourth-order valence-electron chi connectivity index (χ4n) is 1.08. The Morgan fingerprint density at radius 1 is 1.38 bits per heavy atom. The lowest BCUT2D eigenvalue weighted by molar-refractivity contribution is -0.108. The number of carbonyl (C=O) groups is 2. The van der Waals surface area contributed by atoms with Crippen molar-refractivity contribution in [3.63, 3.8) is 0 Å². The van der Waals surface area contributed by atoms with E-state index in [1.54, 1.807) is 20.8 Å². The highest BCUT2D eigenvalue weighted by Gasteiger charge is 2.21. The van der Waals surface area contributed by atoms with Crippen LogP contribution in [-0.2, 0) is 9.53 Å². The molecule has 5 heteroatoms. The van der Waals surface area contributed by atoms with Crippen LogP contribution in [0.15, 0.2) is 0 Å². The van der Waals surface area contributed by atoms with Crippen molar-refractivity contribution in [3.05, 3.63) is 0 Å². The van der Waals surface area contributed by atoms with Crippen LogP contribution in [-0.4, -0.2) is 42.6 Å². The molecule has 0 N–H and O–H groups in total. The molecule has 0 heterocycles. The van der Waals surface area contributed by atoms with Crippen molar-refractivity contribution in [3.8, 4) is 0 Å². The lowest BCUT2D eigenvalue weighted by Gasteiger charge is -2.26. The van der Waals surface area contributed by atoms with E-state index in [4.69, 9.17) is 4.74 Å². The lowest BCUT2D eigenvalue weighted by atomic mass is 10.2. The highest BCUT2D eigenvalue weighted by Crippen LogP contribution is 2.10. The average molecular weight is 233 g/mol. The largest absolute Gasteiger partial charge is 0.444 e. The molecule has 0 spiro atoms. The number of aldehydes is 1. The van der Waals surface area contributed by atoms with E-state index in [1.807, 2.05) is 0 Å². The molecule has 0 saturated heterocycles. The number of amides is 1. The second-order valence-electron chi connectivity index (χ2n) is 4.47. The van der Waals surface area contributed by atoms with Crippen molar-refractivity contribution in [2.75, 3.05) is 19.8 Å². The minimum absolute atomic E-state index is 0.242. The van der Waals surface area contributed by atoms with Gasteiger partial charge in [0.25, 0.3) is 0 Å². The quantitative estimate of drug-likeness (QED) is 0.660. The fourth-order valence-corrected chi connectivity index (χ4v) is 1.08. The second-order valence-corrected chi connectivity index (χ2v) is 4.47. The van der Waals surface area contributed by atoms with E-state index in [0.29, 0.717) is 0 Å². The van der Waals surface area contributed by atoms with Crippen molar-refractivity contribution < 1.29 is 18.7 Å². The van der Waals surface area contributed by atoms with Crippen LogP contribution in [0.3, 0.4) is 0 Å². The summed E-state index contributed by atoms with van der Waals surface area (Å²) in [7, 11) is 0. The Morgan fingerprint density at radius 3 is 2.44 bits per heavy atom. The van der Waals surface area contributed by atoms with Gasteiger partial charge in [-0.3, -0.25) is 4.39 Å². The van der Waals surface area contributed by atoms with Gasteiger partial charge in [-0.05, 0) is 27.2 Å². The van der Waals surface area contributed by atoms with E-state index in [0.717, 1.165) is 6.29 Å².